The summed E-state index contributed by atoms with van der Waals surface area (Å²) < 4.78 is 0. The predicted molar refractivity (Wildman–Crippen MR) is 72.6 cm³/mol. The number of hydrogen-bond donors (Lipinski definition) is 0. The van der Waals surface area contributed by atoms with E-state index in [0.717, 1.165) is 25.7 Å². The maximum Gasteiger partial charge on any atom is 0.120 e. The lowest BCUT2D eigenvalue weighted by Crippen LogP contribution is -2.47. The molecule has 1 unspecified atom stereocenters. The van der Waals surface area contributed by atoms with Crippen LogP contribution < -0.4 is 0 Å². The summed E-state index contributed by atoms with van der Waals surface area (Å²) in [4.78, 5) is 15.6. The Labute approximate surface area is 111 Å². The number of rotatable bonds is 5. The van der Waals surface area contributed by atoms with Gasteiger partial charge in [-0.2, -0.15) is 0 Å². The van der Waals surface area contributed by atoms with Crippen molar-refractivity contribution in [2.45, 2.75) is 51.1 Å². The molecular weight excluding hydrogens is 236 g/mol. The zero-order chi connectivity index (χ0) is 11.2. The smallest absolute Gasteiger partial charge is 0.120 e. The molecule has 0 spiro atoms. The minimum atomic E-state index is 0. The second-order valence-corrected chi connectivity index (χ2v) is 5.06. The number of hydrogen-bond acceptors (Lipinski definition) is 3. The van der Waals surface area contributed by atoms with Gasteiger partial charge in [-0.3, -0.25) is 9.80 Å². The van der Waals surface area contributed by atoms with Crippen LogP contribution in [0.15, 0.2) is 0 Å². The lowest BCUT2D eigenvalue weighted by molar-refractivity contribution is -0.108. The number of aldehydes is 1. The van der Waals surface area contributed by atoms with Gasteiger partial charge in [0.15, 0.2) is 0 Å². The number of nitrogens with zero attached hydrogens (tertiary/aromatic N) is 2. The average Bonchev–Trinajstić information content (AvgIpc) is 2.79. The van der Waals surface area contributed by atoms with Crippen molar-refractivity contribution in [3.8, 4) is 0 Å². The molecule has 2 fully saturated rings. The van der Waals surface area contributed by atoms with Gasteiger partial charge in [-0.1, -0.05) is 6.42 Å². The SMILES string of the molecule is Cl.O=CCCCN1CCCC1N1CCCCC1. The first-order valence-electron chi connectivity index (χ1n) is 6.83. The van der Waals surface area contributed by atoms with Crippen LogP contribution in [0.2, 0.25) is 0 Å². The first-order chi connectivity index (χ1) is 7.92. The van der Waals surface area contributed by atoms with Crippen LogP contribution in [0.3, 0.4) is 0 Å². The van der Waals surface area contributed by atoms with Crippen LogP contribution in [0.4, 0.5) is 0 Å². The van der Waals surface area contributed by atoms with Gasteiger partial charge in [-0.05, 0) is 51.7 Å². The highest BCUT2D eigenvalue weighted by Crippen LogP contribution is 2.24. The van der Waals surface area contributed by atoms with Gasteiger partial charge >= 0.3 is 0 Å². The van der Waals surface area contributed by atoms with Crippen molar-refractivity contribution in [3.05, 3.63) is 0 Å². The van der Waals surface area contributed by atoms with Crippen LogP contribution in [-0.2, 0) is 4.79 Å². The average molecular weight is 261 g/mol. The van der Waals surface area contributed by atoms with Crippen LogP contribution in [-0.4, -0.2) is 48.4 Å². The summed E-state index contributed by atoms with van der Waals surface area (Å²) in [6.45, 7) is 4.92. The van der Waals surface area contributed by atoms with E-state index in [4.69, 9.17) is 0 Å². The molecule has 0 radical (unpaired) electrons. The molecule has 1 atom stereocenters. The van der Waals surface area contributed by atoms with E-state index in [1.165, 1.54) is 51.7 Å². The van der Waals surface area contributed by atoms with E-state index in [9.17, 15) is 4.79 Å². The molecule has 0 aliphatic carbocycles. The van der Waals surface area contributed by atoms with Gasteiger partial charge < -0.3 is 4.79 Å². The Morgan fingerprint density at radius 2 is 1.82 bits per heavy atom. The van der Waals surface area contributed by atoms with E-state index in [2.05, 4.69) is 9.80 Å². The van der Waals surface area contributed by atoms with Crippen molar-refractivity contribution in [2.24, 2.45) is 0 Å². The second-order valence-electron chi connectivity index (χ2n) is 5.06. The molecule has 3 nitrogen and oxygen atoms in total. The van der Waals surface area contributed by atoms with Crippen molar-refractivity contribution in [1.82, 2.24) is 9.80 Å². The third-order valence-electron chi connectivity index (χ3n) is 3.91. The molecule has 2 rings (SSSR count). The summed E-state index contributed by atoms with van der Waals surface area (Å²) in [5.74, 6) is 0. The fourth-order valence-corrected chi connectivity index (χ4v) is 3.08. The lowest BCUT2D eigenvalue weighted by atomic mass is 10.1. The maximum atomic E-state index is 10.3. The Kier molecular flexibility index (Phi) is 7.09. The summed E-state index contributed by atoms with van der Waals surface area (Å²) in [6, 6.07) is 0. The fraction of sp³-hybridized carbons (Fsp3) is 0.923. The Hall–Kier alpha value is -0.120. The van der Waals surface area contributed by atoms with Crippen molar-refractivity contribution >= 4 is 18.7 Å². The van der Waals surface area contributed by atoms with Crippen LogP contribution in [0.1, 0.15) is 44.9 Å². The molecule has 2 saturated heterocycles. The van der Waals surface area contributed by atoms with Crippen molar-refractivity contribution in [1.29, 1.82) is 0 Å². The summed E-state index contributed by atoms with van der Waals surface area (Å²) in [7, 11) is 0. The highest BCUT2D eigenvalue weighted by Gasteiger charge is 2.29. The molecule has 0 saturated carbocycles. The van der Waals surface area contributed by atoms with E-state index >= 15 is 0 Å². The van der Waals surface area contributed by atoms with E-state index in [1.54, 1.807) is 0 Å². The minimum Gasteiger partial charge on any atom is -0.303 e. The highest BCUT2D eigenvalue weighted by atomic mass is 35.5. The summed E-state index contributed by atoms with van der Waals surface area (Å²) in [6.07, 6.45) is 10.3. The zero-order valence-corrected chi connectivity index (χ0v) is 11.5. The molecular formula is C13H25ClN2O. The fourth-order valence-electron chi connectivity index (χ4n) is 3.08. The van der Waals surface area contributed by atoms with Gasteiger partial charge in [-0.15, -0.1) is 12.4 Å². The molecule has 2 aliphatic rings. The Balaban J connectivity index is 0.00000144. The van der Waals surface area contributed by atoms with Gasteiger partial charge in [0.25, 0.3) is 0 Å². The predicted octanol–water partition coefficient (Wildman–Crippen LogP) is 2.30. The van der Waals surface area contributed by atoms with E-state index in [0.29, 0.717) is 6.17 Å². The van der Waals surface area contributed by atoms with Gasteiger partial charge in [0, 0.05) is 13.0 Å². The topological polar surface area (TPSA) is 23.6 Å². The number of halogens is 1. The number of unbranched alkanes of at least 4 members (excludes halogenated alkanes) is 1. The molecule has 0 aromatic carbocycles. The molecule has 0 aromatic heterocycles. The number of carbonyl (C=O) groups is 1. The third-order valence-corrected chi connectivity index (χ3v) is 3.91. The maximum absolute atomic E-state index is 10.3. The number of carbonyl (C=O) groups excluding carboxylic acids is 1. The highest BCUT2D eigenvalue weighted by molar-refractivity contribution is 5.85. The van der Waals surface area contributed by atoms with Crippen LogP contribution >= 0.6 is 12.4 Å². The normalized spacial score (nSPS) is 26.7. The zero-order valence-electron chi connectivity index (χ0n) is 10.6. The van der Waals surface area contributed by atoms with Crippen LogP contribution in [0.5, 0.6) is 0 Å². The Bertz CT molecular complexity index is 219. The summed E-state index contributed by atoms with van der Waals surface area (Å²) in [5, 5.41) is 0. The first kappa shape index (κ1) is 14.9. The molecule has 2 aliphatic heterocycles. The molecule has 0 aromatic rings. The van der Waals surface area contributed by atoms with E-state index in [1.807, 2.05) is 0 Å². The summed E-state index contributed by atoms with van der Waals surface area (Å²) >= 11 is 0. The summed E-state index contributed by atoms with van der Waals surface area (Å²) in [5.41, 5.74) is 0. The lowest BCUT2D eigenvalue weighted by Gasteiger charge is -2.37. The van der Waals surface area contributed by atoms with E-state index < -0.39 is 0 Å². The Morgan fingerprint density at radius 3 is 2.53 bits per heavy atom. The Morgan fingerprint density at radius 1 is 1.06 bits per heavy atom. The second kappa shape index (κ2) is 8.06. The quantitative estimate of drug-likeness (QED) is 0.560. The van der Waals surface area contributed by atoms with Gasteiger partial charge in [0.05, 0.1) is 6.17 Å². The molecule has 0 amide bonds. The molecule has 100 valence electrons. The standard InChI is InChI=1S/C13H24N2O.ClH/c16-12-5-4-10-15-11-6-7-13(15)14-8-2-1-3-9-14;/h12-13H,1-11H2;1H. The molecule has 4 heteroatoms. The minimum absolute atomic E-state index is 0. The molecule has 17 heavy (non-hydrogen) atoms. The monoisotopic (exact) mass is 260 g/mol. The van der Waals surface area contributed by atoms with Gasteiger partial charge in [-0.25, -0.2) is 0 Å². The van der Waals surface area contributed by atoms with Crippen LogP contribution in [0.25, 0.3) is 0 Å². The molecule has 0 N–H and O–H groups in total. The molecule has 0 bridgehead atoms. The van der Waals surface area contributed by atoms with Crippen LogP contribution in [0, 0.1) is 0 Å². The van der Waals surface area contributed by atoms with E-state index in [-0.39, 0.29) is 12.4 Å². The first-order valence-corrected chi connectivity index (χ1v) is 6.83. The van der Waals surface area contributed by atoms with Crippen molar-refractivity contribution < 1.29 is 4.79 Å². The third kappa shape index (κ3) is 4.23. The number of piperidine rings is 1. The van der Waals surface area contributed by atoms with Gasteiger partial charge in [0.2, 0.25) is 0 Å². The van der Waals surface area contributed by atoms with Crippen molar-refractivity contribution in [2.75, 3.05) is 26.2 Å². The number of likely N-dealkylation sites (tertiary alicyclic amines) is 2. The molecule has 2 heterocycles. The van der Waals surface area contributed by atoms with Crippen molar-refractivity contribution in [3.63, 3.8) is 0 Å². The van der Waals surface area contributed by atoms with Gasteiger partial charge in [0.1, 0.15) is 6.29 Å². The largest absolute Gasteiger partial charge is 0.303 e.